The minimum absolute atomic E-state index is 0.00521. The molecule has 2 heterocycles. The topological polar surface area (TPSA) is 63.9 Å². The maximum Gasteiger partial charge on any atom is 0.233 e. The second kappa shape index (κ2) is 10.8. The number of aromatic nitrogens is 4. The average Bonchev–Trinajstić information content (AvgIpc) is 3.21. The molecule has 6 nitrogen and oxygen atoms in total. The van der Waals surface area contributed by atoms with Gasteiger partial charge in [0.1, 0.15) is 0 Å². The molecule has 0 radical (unpaired) electrons. The molecule has 0 bridgehead atoms. The molecule has 1 amide bonds. The van der Waals surface area contributed by atoms with Crippen LogP contribution in [0, 0.1) is 13.8 Å². The van der Waals surface area contributed by atoms with Crippen molar-refractivity contribution < 1.29 is 4.79 Å². The van der Waals surface area contributed by atoms with Gasteiger partial charge < -0.3 is 4.90 Å². The number of nitrogens with zero attached hydrogens (tertiary/aromatic N) is 5. The summed E-state index contributed by atoms with van der Waals surface area (Å²) >= 11 is 7.72. The van der Waals surface area contributed by atoms with Crippen molar-refractivity contribution in [3.05, 3.63) is 94.4 Å². The lowest BCUT2D eigenvalue weighted by atomic mass is 10.1. The molecule has 0 spiro atoms. The van der Waals surface area contributed by atoms with Gasteiger partial charge in [0.15, 0.2) is 5.16 Å². The van der Waals surface area contributed by atoms with Crippen molar-refractivity contribution in [3.8, 4) is 11.3 Å². The molecule has 0 fully saturated rings. The first-order chi connectivity index (χ1) is 16.4. The quantitative estimate of drug-likeness (QED) is 0.243. The Hall–Kier alpha value is -3.16. The zero-order chi connectivity index (χ0) is 24.1. The summed E-state index contributed by atoms with van der Waals surface area (Å²) in [5.41, 5.74) is 5.63. The Morgan fingerprint density at radius 2 is 1.68 bits per heavy atom. The fourth-order valence-electron chi connectivity index (χ4n) is 3.64. The zero-order valence-electron chi connectivity index (χ0n) is 19.4. The van der Waals surface area contributed by atoms with Gasteiger partial charge in [-0.15, -0.1) is 0 Å². The lowest BCUT2D eigenvalue weighted by Crippen LogP contribution is -2.28. The van der Waals surface area contributed by atoms with Crippen molar-refractivity contribution in [2.24, 2.45) is 0 Å². The van der Waals surface area contributed by atoms with E-state index >= 15 is 0 Å². The van der Waals surface area contributed by atoms with Gasteiger partial charge in [-0.1, -0.05) is 71.9 Å². The Bertz CT molecular complexity index is 1270. The predicted octanol–water partition coefficient (Wildman–Crippen LogP) is 5.41. The SMILES string of the molecule is Cc1cc(C)nc(SCC(=O)N(C)Cc2cn(Cc3ccccc3Cl)nc2-c2ccccc2)n1. The Morgan fingerprint density at radius 3 is 2.38 bits per heavy atom. The molecule has 4 rings (SSSR count). The molecular weight excluding hydrogens is 466 g/mol. The highest BCUT2D eigenvalue weighted by Gasteiger charge is 2.17. The predicted molar refractivity (Wildman–Crippen MR) is 137 cm³/mol. The molecule has 2 aromatic heterocycles. The first kappa shape index (κ1) is 24.0. The summed E-state index contributed by atoms with van der Waals surface area (Å²) in [4.78, 5) is 23.4. The molecule has 0 aliphatic heterocycles. The molecule has 8 heteroatoms. The Morgan fingerprint density at radius 1 is 1.00 bits per heavy atom. The van der Waals surface area contributed by atoms with E-state index in [-0.39, 0.29) is 11.7 Å². The second-order valence-corrected chi connectivity index (χ2v) is 9.48. The van der Waals surface area contributed by atoms with E-state index in [2.05, 4.69) is 9.97 Å². The Labute approximate surface area is 209 Å². The van der Waals surface area contributed by atoms with Crippen LogP contribution in [0.3, 0.4) is 0 Å². The summed E-state index contributed by atoms with van der Waals surface area (Å²) in [6.07, 6.45) is 2.00. The van der Waals surface area contributed by atoms with Gasteiger partial charge in [-0.3, -0.25) is 9.48 Å². The smallest absolute Gasteiger partial charge is 0.233 e. The zero-order valence-corrected chi connectivity index (χ0v) is 21.0. The number of thioether (sulfide) groups is 1. The number of aryl methyl sites for hydroxylation is 2. The van der Waals surface area contributed by atoms with Gasteiger partial charge in [-0.05, 0) is 31.5 Å². The number of rotatable bonds is 8. The number of hydrogen-bond acceptors (Lipinski definition) is 5. The van der Waals surface area contributed by atoms with E-state index in [1.165, 1.54) is 11.8 Å². The van der Waals surface area contributed by atoms with Crippen LogP contribution in [0.15, 0.2) is 72.0 Å². The molecular formula is C26H26ClN5OS. The summed E-state index contributed by atoms with van der Waals surface area (Å²) < 4.78 is 1.88. The number of amides is 1. The van der Waals surface area contributed by atoms with E-state index in [9.17, 15) is 4.79 Å². The van der Waals surface area contributed by atoms with Gasteiger partial charge >= 0.3 is 0 Å². The molecule has 0 aliphatic rings. The molecule has 0 saturated heterocycles. The third kappa shape index (κ3) is 6.04. The number of carbonyl (C=O) groups excluding carboxylic acids is 1. The first-order valence-electron chi connectivity index (χ1n) is 10.9. The molecule has 0 unspecified atom stereocenters. The molecule has 4 aromatic rings. The van der Waals surface area contributed by atoms with Crippen LogP contribution in [-0.4, -0.2) is 43.4 Å². The molecule has 0 N–H and O–H groups in total. The molecule has 0 saturated carbocycles. The van der Waals surface area contributed by atoms with E-state index in [4.69, 9.17) is 16.7 Å². The highest BCUT2D eigenvalue weighted by molar-refractivity contribution is 7.99. The van der Waals surface area contributed by atoms with Crippen LogP contribution in [0.1, 0.15) is 22.5 Å². The molecule has 34 heavy (non-hydrogen) atoms. The minimum Gasteiger partial charge on any atom is -0.341 e. The minimum atomic E-state index is 0.00521. The van der Waals surface area contributed by atoms with Crippen LogP contribution in [0.4, 0.5) is 0 Å². The summed E-state index contributed by atoms with van der Waals surface area (Å²) in [7, 11) is 1.81. The molecule has 174 valence electrons. The van der Waals surface area contributed by atoms with Crippen LogP contribution >= 0.6 is 23.4 Å². The largest absolute Gasteiger partial charge is 0.341 e. The highest BCUT2D eigenvalue weighted by Crippen LogP contribution is 2.25. The number of carbonyl (C=O) groups is 1. The Balaban J connectivity index is 1.51. The number of hydrogen-bond donors (Lipinski definition) is 0. The van der Waals surface area contributed by atoms with Crippen molar-refractivity contribution in [3.63, 3.8) is 0 Å². The average molecular weight is 492 g/mol. The van der Waals surface area contributed by atoms with E-state index in [1.54, 1.807) is 4.90 Å². The van der Waals surface area contributed by atoms with E-state index < -0.39 is 0 Å². The van der Waals surface area contributed by atoms with Crippen LogP contribution < -0.4 is 0 Å². The van der Waals surface area contributed by atoms with Crippen molar-refractivity contribution in [2.75, 3.05) is 12.8 Å². The van der Waals surface area contributed by atoms with Crippen molar-refractivity contribution in [1.82, 2.24) is 24.6 Å². The summed E-state index contributed by atoms with van der Waals surface area (Å²) in [6, 6.07) is 19.7. The van der Waals surface area contributed by atoms with Crippen molar-refractivity contribution in [1.29, 1.82) is 0 Å². The third-order valence-electron chi connectivity index (χ3n) is 5.29. The van der Waals surface area contributed by atoms with Crippen LogP contribution in [0.5, 0.6) is 0 Å². The second-order valence-electron chi connectivity index (χ2n) is 8.13. The van der Waals surface area contributed by atoms with E-state index in [0.29, 0.717) is 23.3 Å². The van der Waals surface area contributed by atoms with Gasteiger partial charge in [0.05, 0.1) is 18.0 Å². The lowest BCUT2D eigenvalue weighted by molar-refractivity contribution is -0.127. The number of benzene rings is 2. The Kier molecular flexibility index (Phi) is 7.65. The van der Waals surface area contributed by atoms with Gasteiger partial charge in [-0.25, -0.2) is 9.97 Å². The summed E-state index contributed by atoms with van der Waals surface area (Å²) in [5, 5.41) is 6.17. The fourth-order valence-corrected chi connectivity index (χ4v) is 4.72. The highest BCUT2D eigenvalue weighted by atomic mass is 35.5. The normalized spacial score (nSPS) is 10.9. The monoisotopic (exact) mass is 491 g/mol. The molecule has 2 aromatic carbocycles. The summed E-state index contributed by atoms with van der Waals surface area (Å²) in [5.74, 6) is 0.277. The standard InChI is InChI=1S/C26H26ClN5OS/c1-18-13-19(2)29-26(28-18)34-17-24(33)31(3)14-22-16-32(15-21-11-7-8-12-23(21)27)30-25(22)20-9-5-4-6-10-20/h4-13,16H,14-15,17H2,1-3H3. The molecule has 0 atom stereocenters. The van der Waals surface area contributed by atoms with Crippen LogP contribution in [0.25, 0.3) is 11.3 Å². The van der Waals surface area contributed by atoms with Crippen molar-refractivity contribution in [2.45, 2.75) is 32.1 Å². The lowest BCUT2D eigenvalue weighted by Gasteiger charge is -2.17. The fraction of sp³-hybridized carbons (Fsp3) is 0.231. The maximum atomic E-state index is 12.9. The third-order valence-corrected chi connectivity index (χ3v) is 6.50. The number of halogens is 1. The molecule has 0 aliphatic carbocycles. The van der Waals surface area contributed by atoms with Gasteiger partial charge in [-0.2, -0.15) is 5.10 Å². The maximum absolute atomic E-state index is 12.9. The van der Waals surface area contributed by atoms with Gasteiger partial charge in [0.2, 0.25) is 5.91 Å². The van der Waals surface area contributed by atoms with Crippen molar-refractivity contribution >= 4 is 29.3 Å². The van der Waals surface area contributed by atoms with Crippen LogP contribution in [-0.2, 0) is 17.9 Å². The van der Waals surface area contributed by atoms with E-state index in [0.717, 1.165) is 33.8 Å². The van der Waals surface area contributed by atoms with E-state index in [1.807, 2.05) is 92.4 Å². The van der Waals surface area contributed by atoms with Gasteiger partial charge in [0.25, 0.3) is 0 Å². The van der Waals surface area contributed by atoms with Gasteiger partial charge in [0, 0.05) is 47.3 Å². The first-order valence-corrected chi connectivity index (χ1v) is 12.3. The van der Waals surface area contributed by atoms with Crippen LogP contribution in [0.2, 0.25) is 5.02 Å². The summed E-state index contributed by atoms with van der Waals surface area (Å²) in [6.45, 7) is 4.85.